The molecule has 8 rings (SSSR count). The quantitative estimate of drug-likeness (QED) is 0.141. The van der Waals surface area contributed by atoms with Crippen molar-refractivity contribution in [1.82, 2.24) is 4.57 Å². The number of hydrogen-bond donors (Lipinski definition) is 0. The first-order valence-electron chi connectivity index (χ1n) is 16.0. The van der Waals surface area contributed by atoms with Crippen LogP contribution in [-0.2, 0) is 0 Å². The number of para-hydroxylation sites is 2. The second kappa shape index (κ2) is 12.0. The lowest BCUT2D eigenvalue weighted by molar-refractivity contribution is 1.18. The molecular formula is C44H29N3Si. The van der Waals surface area contributed by atoms with Crippen LogP contribution in [-0.4, -0.2) is 12.6 Å². The Balaban J connectivity index is 1.45. The van der Waals surface area contributed by atoms with Crippen molar-refractivity contribution in [3.05, 3.63) is 187 Å². The molecule has 7 aromatic carbocycles. The van der Waals surface area contributed by atoms with Crippen LogP contribution in [0.25, 0.3) is 38.6 Å². The van der Waals surface area contributed by atoms with Crippen LogP contribution in [0.4, 0.5) is 0 Å². The highest BCUT2D eigenvalue weighted by molar-refractivity contribution is 7.20. The van der Waals surface area contributed by atoms with Gasteiger partial charge in [-0.25, -0.2) is 0 Å². The van der Waals surface area contributed by atoms with Gasteiger partial charge >= 0.3 is 0 Å². The first kappa shape index (κ1) is 29.0. The Morgan fingerprint density at radius 1 is 0.417 bits per heavy atom. The van der Waals surface area contributed by atoms with E-state index in [-0.39, 0.29) is 0 Å². The maximum Gasteiger partial charge on any atom is 0.181 e. The zero-order valence-corrected chi connectivity index (χ0v) is 27.1. The summed E-state index contributed by atoms with van der Waals surface area (Å²) in [6, 6.07) is 65.8. The van der Waals surface area contributed by atoms with E-state index in [4.69, 9.17) is 0 Å². The first-order valence-corrected chi connectivity index (χ1v) is 18.0. The molecule has 0 atom stereocenters. The smallest absolute Gasteiger partial charge is 0.181 e. The van der Waals surface area contributed by atoms with Crippen LogP contribution < -0.4 is 20.7 Å². The Morgan fingerprint density at radius 2 is 0.896 bits per heavy atom. The Morgan fingerprint density at radius 3 is 1.40 bits per heavy atom. The molecule has 0 N–H and O–H groups in total. The van der Waals surface area contributed by atoms with Gasteiger partial charge in [-0.2, -0.15) is 10.5 Å². The molecule has 0 radical (unpaired) electrons. The van der Waals surface area contributed by atoms with E-state index >= 15 is 0 Å². The molecule has 3 nitrogen and oxygen atoms in total. The van der Waals surface area contributed by atoms with Crippen LogP contribution in [0.3, 0.4) is 0 Å². The van der Waals surface area contributed by atoms with Crippen molar-refractivity contribution in [3.63, 3.8) is 0 Å². The Bertz CT molecular complexity index is 2370. The minimum Gasteiger partial charge on any atom is -0.309 e. The van der Waals surface area contributed by atoms with E-state index in [2.05, 4.69) is 156 Å². The average molecular weight is 628 g/mol. The van der Waals surface area contributed by atoms with Gasteiger partial charge in [-0.1, -0.05) is 146 Å². The summed E-state index contributed by atoms with van der Waals surface area (Å²) in [5.41, 5.74) is 5.99. The summed E-state index contributed by atoms with van der Waals surface area (Å²) in [5.74, 6) is 0. The Kier molecular flexibility index (Phi) is 7.27. The first-order chi connectivity index (χ1) is 23.8. The van der Waals surface area contributed by atoms with Crippen LogP contribution in [0.5, 0.6) is 0 Å². The molecule has 0 aliphatic rings. The summed E-state index contributed by atoms with van der Waals surface area (Å²) in [6.07, 6.45) is 0. The van der Waals surface area contributed by atoms with Gasteiger partial charge in [0.2, 0.25) is 0 Å². The van der Waals surface area contributed by atoms with E-state index in [9.17, 15) is 10.5 Å². The molecule has 0 bridgehead atoms. The number of fused-ring (bicyclic) bond motifs is 3. The second-order valence-electron chi connectivity index (χ2n) is 11.9. The van der Waals surface area contributed by atoms with Gasteiger partial charge in [0.15, 0.2) is 8.07 Å². The van der Waals surface area contributed by atoms with Crippen LogP contribution in [0.2, 0.25) is 0 Å². The molecule has 0 fully saturated rings. The molecule has 48 heavy (non-hydrogen) atoms. The molecule has 8 aromatic rings. The van der Waals surface area contributed by atoms with Gasteiger partial charge in [0, 0.05) is 16.5 Å². The van der Waals surface area contributed by atoms with E-state index in [0.717, 1.165) is 33.0 Å². The third-order valence-corrected chi connectivity index (χ3v) is 14.3. The highest BCUT2D eigenvalue weighted by Crippen LogP contribution is 2.34. The van der Waals surface area contributed by atoms with Crippen molar-refractivity contribution in [2.75, 3.05) is 0 Å². The summed E-state index contributed by atoms with van der Waals surface area (Å²) in [5, 5.41) is 28.4. The van der Waals surface area contributed by atoms with Crippen molar-refractivity contribution < 1.29 is 0 Å². The van der Waals surface area contributed by atoms with Crippen LogP contribution in [0.1, 0.15) is 11.1 Å². The molecule has 0 aliphatic carbocycles. The number of benzene rings is 7. The zero-order valence-electron chi connectivity index (χ0n) is 26.1. The number of rotatable bonds is 6. The number of nitriles is 2. The van der Waals surface area contributed by atoms with Crippen molar-refractivity contribution in [3.8, 4) is 29.0 Å². The molecule has 224 valence electrons. The molecular weight excluding hydrogens is 599 g/mol. The maximum absolute atomic E-state index is 10.8. The fourth-order valence-corrected chi connectivity index (χ4v) is 12.6. The minimum absolute atomic E-state index is 0.558. The number of nitrogens with zero attached hydrogens (tertiary/aromatic N) is 3. The van der Waals surface area contributed by atoms with E-state index < -0.39 is 8.07 Å². The topological polar surface area (TPSA) is 52.5 Å². The van der Waals surface area contributed by atoms with Crippen molar-refractivity contribution in [2.24, 2.45) is 0 Å². The zero-order chi connectivity index (χ0) is 32.5. The van der Waals surface area contributed by atoms with Crippen LogP contribution in [0.15, 0.2) is 176 Å². The van der Waals surface area contributed by atoms with Gasteiger partial charge in [-0.15, -0.1) is 0 Å². The third-order valence-electron chi connectivity index (χ3n) is 9.43. The fourth-order valence-electron chi connectivity index (χ4n) is 7.47. The largest absolute Gasteiger partial charge is 0.309 e. The normalized spacial score (nSPS) is 11.3. The molecule has 0 unspecified atom stereocenters. The standard InChI is InChI=1S/C44H29N3Si/c45-30-32-15-14-24-41(44(32)48(35-16-4-1-5-17-35,36-18-6-2-7-19-36)37-20-8-3-9-21-37)38-28-27-34(29-33(38)31-46)47-42-25-12-10-22-39(42)40-23-11-13-26-43(40)47/h1-29H. The number of hydrogen-bond acceptors (Lipinski definition) is 2. The molecule has 1 aromatic heterocycles. The molecule has 0 saturated heterocycles. The van der Waals surface area contributed by atoms with Crippen molar-refractivity contribution in [2.45, 2.75) is 0 Å². The minimum atomic E-state index is -3.10. The fraction of sp³-hybridized carbons (Fsp3) is 0. The maximum atomic E-state index is 10.8. The molecule has 0 saturated carbocycles. The van der Waals surface area contributed by atoms with Gasteiger partial charge < -0.3 is 4.57 Å². The number of aromatic nitrogens is 1. The molecule has 1 heterocycles. The van der Waals surface area contributed by atoms with Crippen molar-refractivity contribution in [1.29, 1.82) is 10.5 Å². The summed E-state index contributed by atoms with van der Waals surface area (Å²) in [4.78, 5) is 0. The molecule has 0 amide bonds. The predicted octanol–water partition coefficient (Wildman–Crippen LogP) is 7.57. The van der Waals surface area contributed by atoms with Crippen LogP contribution in [0, 0.1) is 22.7 Å². The van der Waals surface area contributed by atoms with E-state index in [1.807, 2.05) is 36.4 Å². The highest BCUT2D eigenvalue weighted by Gasteiger charge is 2.44. The van der Waals surface area contributed by atoms with Crippen molar-refractivity contribution >= 4 is 50.6 Å². The SMILES string of the molecule is N#Cc1cc(-n2c3ccccc3c3ccccc32)ccc1-c1cccc(C#N)c1[Si](c1ccccc1)(c1ccccc1)c1ccccc1. The van der Waals surface area contributed by atoms with E-state index in [0.29, 0.717) is 11.1 Å². The monoisotopic (exact) mass is 627 g/mol. The second-order valence-corrected chi connectivity index (χ2v) is 15.6. The summed E-state index contributed by atoms with van der Waals surface area (Å²) < 4.78 is 2.23. The highest BCUT2D eigenvalue weighted by atomic mass is 28.3. The molecule has 0 aliphatic heterocycles. The van der Waals surface area contributed by atoms with Gasteiger partial charge in [0.1, 0.15) is 0 Å². The summed E-state index contributed by atoms with van der Waals surface area (Å²) in [6.45, 7) is 0. The lowest BCUT2D eigenvalue weighted by Gasteiger charge is -2.36. The Hall–Kier alpha value is -6.46. The van der Waals surface area contributed by atoms with E-state index in [1.165, 1.54) is 26.3 Å². The summed E-state index contributed by atoms with van der Waals surface area (Å²) >= 11 is 0. The summed E-state index contributed by atoms with van der Waals surface area (Å²) in [7, 11) is -3.10. The average Bonchev–Trinajstić information content (AvgIpc) is 3.51. The predicted molar refractivity (Wildman–Crippen MR) is 199 cm³/mol. The third kappa shape index (κ3) is 4.48. The van der Waals surface area contributed by atoms with Gasteiger partial charge in [-0.05, 0) is 62.2 Å². The van der Waals surface area contributed by atoms with Gasteiger partial charge in [0.05, 0.1) is 34.3 Å². The van der Waals surface area contributed by atoms with Crippen LogP contribution >= 0.6 is 0 Å². The van der Waals surface area contributed by atoms with Gasteiger partial charge in [0.25, 0.3) is 0 Å². The molecule has 4 heteroatoms. The Labute approximate surface area is 280 Å². The molecule has 0 spiro atoms. The lowest BCUT2D eigenvalue weighted by Crippen LogP contribution is -2.75. The van der Waals surface area contributed by atoms with E-state index in [1.54, 1.807) is 0 Å². The van der Waals surface area contributed by atoms with Gasteiger partial charge in [-0.3, -0.25) is 0 Å². The lowest BCUT2D eigenvalue weighted by atomic mass is 9.98.